The molecule has 0 atom stereocenters. The van der Waals surface area contributed by atoms with Gasteiger partial charge < -0.3 is 10.3 Å². The van der Waals surface area contributed by atoms with Gasteiger partial charge in [0, 0.05) is 26.8 Å². The Kier molecular flexibility index (Phi) is 2.98. The molecule has 0 bridgehead atoms. The van der Waals surface area contributed by atoms with Gasteiger partial charge in [0.15, 0.2) is 0 Å². The van der Waals surface area contributed by atoms with Gasteiger partial charge in [-0.15, -0.1) is 0 Å². The van der Waals surface area contributed by atoms with Crippen molar-refractivity contribution >= 4 is 44.3 Å². The van der Waals surface area contributed by atoms with Crippen molar-refractivity contribution in [3.63, 3.8) is 0 Å². The van der Waals surface area contributed by atoms with Gasteiger partial charge in [0.05, 0.1) is 11.0 Å². The molecule has 0 radical (unpaired) electrons. The van der Waals surface area contributed by atoms with E-state index in [1.807, 2.05) is 30.3 Å². The molecule has 1 fully saturated rings. The van der Waals surface area contributed by atoms with Crippen LogP contribution in [0.1, 0.15) is 18.9 Å². The minimum atomic E-state index is 0.517. The maximum Gasteiger partial charge on any atom is 0.141 e. The molecule has 0 saturated heterocycles. The molecular weight excluding hydrogens is 350 g/mol. The van der Waals surface area contributed by atoms with Crippen LogP contribution in [0, 0.1) is 0 Å². The Balaban J connectivity index is 2.01. The molecule has 1 heterocycles. The van der Waals surface area contributed by atoms with Crippen LogP contribution in [0.2, 0.25) is 5.02 Å². The van der Waals surface area contributed by atoms with Gasteiger partial charge in [-0.2, -0.15) is 0 Å². The topological polar surface area (TPSA) is 43.8 Å². The lowest BCUT2D eigenvalue weighted by Gasteiger charge is -2.09. The molecule has 2 aromatic carbocycles. The van der Waals surface area contributed by atoms with Crippen LogP contribution in [0.5, 0.6) is 0 Å². The number of hydrogen-bond donors (Lipinski definition) is 1. The van der Waals surface area contributed by atoms with E-state index in [2.05, 4.69) is 26.6 Å². The van der Waals surface area contributed by atoms with Gasteiger partial charge in [-0.1, -0.05) is 27.5 Å². The molecule has 1 saturated carbocycles. The van der Waals surface area contributed by atoms with Gasteiger partial charge in [0.2, 0.25) is 0 Å². The first-order chi connectivity index (χ1) is 10.1. The highest BCUT2D eigenvalue weighted by Gasteiger charge is 2.28. The zero-order chi connectivity index (χ0) is 14.6. The first kappa shape index (κ1) is 13.2. The summed E-state index contributed by atoms with van der Waals surface area (Å²) in [5, 5.41) is 0.740. The summed E-state index contributed by atoms with van der Waals surface area (Å²) in [4.78, 5) is 4.80. The van der Waals surface area contributed by atoms with Crippen molar-refractivity contribution in [2.24, 2.45) is 0 Å². The Morgan fingerprint density at radius 3 is 2.71 bits per heavy atom. The molecule has 0 spiro atoms. The summed E-state index contributed by atoms with van der Waals surface area (Å²) < 4.78 is 3.26. The zero-order valence-electron chi connectivity index (χ0n) is 11.2. The van der Waals surface area contributed by atoms with Crippen LogP contribution in [0.3, 0.4) is 0 Å². The van der Waals surface area contributed by atoms with Crippen LogP contribution < -0.4 is 5.73 Å². The van der Waals surface area contributed by atoms with Crippen molar-refractivity contribution in [1.82, 2.24) is 9.55 Å². The summed E-state index contributed by atoms with van der Waals surface area (Å²) in [6, 6.07) is 12.3. The summed E-state index contributed by atoms with van der Waals surface area (Å²) in [5.41, 5.74) is 9.79. The number of hydrogen-bond acceptors (Lipinski definition) is 2. The minimum Gasteiger partial charge on any atom is -0.399 e. The third-order valence-corrected chi connectivity index (χ3v) is 4.43. The number of fused-ring (bicyclic) bond motifs is 1. The van der Waals surface area contributed by atoms with E-state index in [0.29, 0.717) is 6.04 Å². The number of imidazole rings is 1. The van der Waals surface area contributed by atoms with Gasteiger partial charge in [-0.3, -0.25) is 0 Å². The summed E-state index contributed by atoms with van der Waals surface area (Å²) >= 11 is 9.66. The molecule has 0 amide bonds. The predicted molar refractivity (Wildman–Crippen MR) is 90.6 cm³/mol. The molecule has 3 aromatic rings. The fourth-order valence-corrected chi connectivity index (χ4v) is 3.39. The van der Waals surface area contributed by atoms with Gasteiger partial charge in [-0.25, -0.2) is 4.98 Å². The van der Waals surface area contributed by atoms with E-state index >= 15 is 0 Å². The van der Waals surface area contributed by atoms with E-state index in [0.717, 1.165) is 37.6 Å². The lowest BCUT2D eigenvalue weighted by atomic mass is 10.2. The van der Waals surface area contributed by atoms with Gasteiger partial charge >= 0.3 is 0 Å². The van der Waals surface area contributed by atoms with Crippen LogP contribution in [0.15, 0.2) is 40.9 Å². The number of nitrogens with zero attached hydrogens (tertiary/aromatic N) is 2. The molecular formula is C16H13BrClN3. The maximum absolute atomic E-state index is 6.15. The quantitative estimate of drug-likeness (QED) is 0.649. The van der Waals surface area contributed by atoms with Crippen LogP contribution >= 0.6 is 27.5 Å². The van der Waals surface area contributed by atoms with Crippen molar-refractivity contribution in [3.8, 4) is 11.4 Å². The molecule has 21 heavy (non-hydrogen) atoms. The third kappa shape index (κ3) is 2.32. The molecule has 3 nitrogen and oxygen atoms in total. The van der Waals surface area contributed by atoms with Crippen molar-refractivity contribution in [2.45, 2.75) is 18.9 Å². The first-order valence-electron chi connectivity index (χ1n) is 6.86. The Labute approximate surface area is 135 Å². The Hall–Kier alpha value is -1.52. The highest BCUT2D eigenvalue weighted by Crippen LogP contribution is 2.42. The van der Waals surface area contributed by atoms with Crippen molar-refractivity contribution in [3.05, 3.63) is 45.9 Å². The van der Waals surface area contributed by atoms with E-state index in [4.69, 9.17) is 22.3 Å². The summed E-state index contributed by atoms with van der Waals surface area (Å²) in [7, 11) is 0. The average Bonchev–Trinajstić information content (AvgIpc) is 3.18. The second kappa shape index (κ2) is 4.75. The molecule has 0 unspecified atom stereocenters. The number of benzene rings is 2. The first-order valence-corrected chi connectivity index (χ1v) is 8.03. The molecule has 0 aliphatic heterocycles. The van der Waals surface area contributed by atoms with E-state index in [1.165, 1.54) is 12.8 Å². The molecule has 1 aromatic heterocycles. The summed E-state index contributed by atoms with van der Waals surface area (Å²) in [6.07, 6.45) is 2.38. The number of rotatable bonds is 2. The number of nitrogens with two attached hydrogens (primary N) is 1. The Morgan fingerprint density at radius 1 is 1.19 bits per heavy atom. The second-order valence-electron chi connectivity index (χ2n) is 5.44. The van der Waals surface area contributed by atoms with Gasteiger partial charge in [0.25, 0.3) is 0 Å². The normalized spacial score (nSPS) is 14.8. The monoisotopic (exact) mass is 361 g/mol. The number of aromatic nitrogens is 2. The van der Waals surface area contributed by atoms with Gasteiger partial charge in [0.1, 0.15) is 5.82 Å². The summed E-state index contributed by atoms with van der Waals surface area (Å²) in [6.45, 7) is 0. The van der Waals surface area contributed by atoms with Crippen molar-refractivity contribution in [1.29, 1.82) is 0 Å². The maximum atomic E-state index is 6.15. The highest BCUT2D eigenvalue weighted by molar-refractivity contribution is 9.10. The molecule has 106 valence electrons. The fourth-order valence-electron chi connectivity index (χ4n) is 2.71. The third-order valence-electron chi connectivity index (χ3n) is 3.74. The Bertz CT molecular complexity index is 832. The number of anilines is 1. The van der Waals surface area contributed by atoms with Crippen molar-refractivity contribution in [2.75, 3.05) is 5.73 Å². The minimum absolute atomic E-state index is 0.517. The standard InChI is InChI=1S/C16H13BrClN3/c17-10-5-9(6-12(19)7-10)16-20-14-4-1-11(18)8-15(14)21(16)13-2-3-13/h1,4-8,13H,2-3,19H2. The molecule has 2 N–H and O–H groups in total. The largest absolute Gasteiger partial charge is 0.399 e. The van der Waals surface area contributed by atoms with E-state index in [1.54, 1.807) is 0 Å². The zero-order valence-corrected chi connectivity index (χ0v) is 13.5. The lowest BCUT2D eigenvalue weighted by Crippen LogP contribution is -1.98. The number of nitrogen functional groups attached to an aromatic ring is 1. The average molecular weight is 363 g/mol. The van der Waals surface area contributed by atoms with Crippen LogP contribution in [-0.2, 0) is 0 Å². The summed E-state index contributed by atoms with van der Waals surface area (Å²) in [5.74, 6) is 0.961. The molecule has 5 heteroatoms. The Morgan fingerprint density at radius 2 is 2.00 bits per heavy atom. The lowest BCUT2D eigenvalue weighted by molar-refractivity contribution is 0.775. The van der Waals surface area contributed by atoms with E-state index in [9.17, 15) is 0 Å². The van der Waals surface area contributed by atoms with E-state index in [-0.39, 0.29) is 0 Å². The molecule has 1 aliphatic carbocycles. The highest BCUT2D eigenvalue weighted by atomic mass is 79.9. The van der Waals surface area contributed by atoms with Crippen LogP contribution in [-0.4, -0.2) is 9.55 Å². The van der Waals surface area contributed by atoms with Crippen LogP contribution in [0.25, 0.3) is 22.4 Å². The fraction of sp³-hybridized carbons (Fsp3) is 0.188. The van der Waals surface area contributed by atoms with Crippen molar-refractivity contribution < 1.29 is 0 Å². The van der Waals surface area contributed by atoms with Gasteiger partial charge in [-0.05, 0) is 49.2 Å². The molecule has 1 aliphatic rings. The predicted octanol–water partition coefficient (Wildman–Crippen LogP) is 5.04. The molecule has 4 rings (SSSR count). The van der Waals surface area contributed by atoms with Crippen LogP contribution in [0.4, 0.5) is 5.69 Å². The number of halogens is 2. The SMILES string of the molecule is Nc1cc(Br)cc(-c2nc3ccc(Cl)cc3n2C2CC2)c1. The second-order valence-corrected chi connectivity index (χ2v) is 6.79. The smallest absolute Gasteiger partial charge is 0.141 e. The van der Waals surface area contributed by atoms with E-state index < -0.39 is 0 Å².